The van der Waals surface area contributed by atoms with Gasteiger partial charge in [-0.25, -0.2) is 4.39 Å². The van der Waals surface area contributed by atoms with Crippen molar-refractivity contribution in [2.75, 3.05) is 11.1 Å². The summed E-state index contributed by atoms with van der Waals surface area (Å²) < 4.78 is 13.0. The van der Waals surface area contributed by atoms with E-state index in [9.17, 15) is 9.18 Å². The number of carbonyl (C=O) groups is 1. The number of nitrogens with one attached hydrogen (secondary N) is 1. The van der Waals surface area contributed by atoms with Gasteiger partial charge in [-0.3, -0.25) is 4.79 Å². The average molecular weight is 286 g/mol. The fourth-order valence-electron chi connectivity index (χ4n) is 2.19. The number of hydrogen-bond donors (Lipinski definition) is 2. The van der Waals surface area contributed by atoms with Gasteiger partial charge in [0.15, 0.2) is 0 Å². The van der Waals surface area contributed by atoms with Crippen molar-refractivity contribution >= 4 is 17.3 Å². The fraction of sp³-hybridized carbons (Fsp3) is 0.235. The number of anilines is 2. The number of aryl methyl sites for hydroxylation is 1. The fourth-order valence-corrected chi connectivity index (χ4v) is 2.19. The minimum absolute atomic E-state index is 0.0889. The van der Waals surface area contributed by atoms with E-state index < -0.39 is 0 Å². The highest BCUT2D eigenvalue weighted by molar-refractivity contribution is 5.91. The van der Waals surface area contributed by atoms with Crippen LogP contribution < -0.4 is 11.1 Å². The second-order valence-electron chi connectivity index (χ2n) is 5.28. The minimum atomic E-state index is -0.305. The van der Waals surface area contributed by atoms with Gasteiger partial charge in [0, 0.05) is 17.8 Å². The molecule has 2 aromatic carbocycles. The number of benzene rings is 2. The third-order valence-corrected chi connectivity index (χ3v) is 3.46. The normalized spacial score (nSPS) is 12.0. The molecule has 0 aromatic heterocycles. The second-order valence-corrected chi connectivity index (χ2v) is 5.28. The van der Waals surface area contributed by atoms with Crippen LogP contribution in [0.2, 0.25) is 0 Å². The van der Waals surface area contributed by atoms with Gasteiger partial charge >= 0.3 is 0 Å². The van der Waals surface area contributed by atoms with Crippen LogP contribution in [0, 0.1) is 12.7 Å². The minimum Gasteiger partial charge on any atom is -0.399 e. The highest BCUT2D eigenvalue weighted by Gasteiger charge is 2.12. The summed E-state index contributed by atoms with van der Waals surface area (Å²) >= 11 is 0. The van der Waals surface area contributed by atoms with Crippen molar-refractivity contribution in [1.82, 2.24) is 0 Å². The Hall–Kier alpha value is -2.36. The lowest BCUT2D eigenvalue weighted by molar-refractivity contribution is -0.116. The van der Waals surface area contributed by atoms with Gasteiger partial charge in [0.25, 0.3) is 0 Å². The lowest BCUT2D eigenvalue weighted by atomic mass is 9.97. The van der Waals surface area contributed by atoms with E-state index in [-0.39, 0.29) is 17.6 Å². The average Bonchev–Trinajstić information content (AvgIpc) is 2.42. The van der Waals surface area contributed by atoms with Crippen LogP contribution in [-0.2, 0) is 4.79 Å². The van der Waals surface area contributed by atoms with Gasteiger partial charge in [0.2, 0.25) is 5.91 Å². The Balaban J connectivity index is 1.99. The molecule has 0 saturated heterocycles. The first kappa shape index (κ1) is 15.0. The standard InChI is InChI=1S/C17H19FN2O/c1-11(13-3-6-15(19)7-4-13)10-17(21)20-16-8-5-14(18)9-12(16)2/h3-9,11H,10,19H2,1-2H3,(H,20,21). The third-order valence-electron chi connectivity index (χ3n) is 3.46. The van der Waals surface area contributed by atoms with Crippen LogP contribution in [0.25, 0.3) is 0 Å². The van der Waals surface area contributed by atoms with E-state index in [1.54, 1.807) is 13.0 Å². The van der Waals surface area contributed by atoms with E-state index >= 15 is 0 Å². The van der Waals surface area contributed by atoms with Crippen LogP contribution in [0.5, 0.6) is 0 Å². The summed E-state index contributed by atoms with van der Waals surface area (Å²) in [5.41, 5.74) is 8.78. The molecule has 4 heteroatoms. The predicted octanol–water partition coefficient (Wildman–Crippen LogP) is 3.85. The quantitative estimate of drug-likeness (QED) is 0.839. The van der Waals surface area contributed by atoms with Crippen molar-refractivity contribution in [1.29, 1.82) is 0 Å². The molecule has 0 heterocycles. The van der Waals surface area contributed by atoms with Crippen LogP contribution in [0.15, 0.2) is 42.5 Å². The Morgan fingerprint density at radius 2 is 1.90 bits per heavy atom. The first-order valence-electron chi connectivity index (χ1n) is 6.87. The number of carbonyl (C=O) groups excluding carboxylic acids is 1. The van der Waals surface area contributed by atoms with Gasteiger partial charge in [-0.15, -0.1) is 0 Å². The Kier molecular flexibility index (Phi) is 4.58. The smallest absolute Gasteiger partial charge is 0.224 e. The number of hydrogen-bond acceptors (Lipinski definition) is 2. The summed E-state index contributed by atoms with van der Waals surface area (Å²) in [6.07, 6.45) is 0.362. The van der Waals surface area contributed by atoms with E-state index in [1.807, 2.05) is 31.2 Å². The Labute approximate surface area is 124 Å². The summed E-state index contributed by atoms with van der Waals surface area (Å²) in [6.45, 7) is 3.75. The number of amides is 1. The molecule has 1 amide bonds. The molecule has 3 N–H and O–H groups in total. The second kappa shape index (κ2) is 6.39. The first-order chi connectivity index (χ1) is 9.95. The molecule has 0 aliphatic heterocycles. The van der Waals surface area contributed by atoms with E-state index in [4.69, 9.17) is 5.73 Å². The van der Waals surface area contributed by atoms with Crippen LogP contribution in [0.3, 0.4) is 0 Å². The van der Waals surface area contributed by atoms with E-state index in [2.05, 4.69) is 5.32 Å². The highest BCUT2D eigenvalue weighted by atomic mass is 19.1. The molecular formula is C17H19FN2O. The maximum atomic E-state index is 13.0. The highest BCUT2D eigenvalue weighted by Crippen LogP contribution is 2.22. The van der Waals surface area contributed by atoms with Crippen molar-refractivity contribution < 1.29 is 9.18 Å². The maximum absolute atomic E-state index is 13.0. The van der Waals surface area contributed by atoms with Gasteiger partial charge in [0.05, 0.1) is 0 Å². The number of halogens is 1. The van der Waals surface area contributed by atoms with Gasteiger partial charge in [-0.05, 0) is 54.3 Å². The predicted molar refractivity (Wildman–Crippen MR) is 83.7 cm³/mol. The Bertz CT molecular complexity index is 638. The van der Waals surface area contributed by atoms with Gasteiger partial charge in [-0.1, -0.05) is 19.1 Å². The van der Waals surface area contributed by atoms with Crippen LogP contribution in [0.4, 0.5) is 15.8 Å². The summed E-state index contributed by atoms with van der Waals surface area (Å²) in [7, 11) is 0. The van der Waals surface area contributed by atoms with Crippen molar-refractivity contribution in [3.63, 3.8) is 0 Å². The van der Waals surface area contributed by atoms with Crippen molar-refractivity contribution in [2.45, 2.75) is 26.2 Å². The van der Waals surface area contributed by atoms with Crippen LogP contribution in [0.1, 0.15) is 30.4 Å². The third kappa shape index (κ3) is 4.05. The lowest BCUT2D eigenvalue weighted by Crippen LogP contribution is -2.15. The van der Waals surface area contributed by atoms with Crippen molar-refractivity contribution in [3.05, 3.63) is 59.4 Å². The molecule has 2 aromatic rings. The Morgan fingerprint density at radius 3 is 2.52 bits per heavy atom. The van der Waals surface area contributed by atoms with Crippen LogP contribution in [-0.4, -0.2) is 5.91 Å². The Morgan fingerprint density at radius 1 is 1.24 bits per heavy atom. The molecule has 0 saturated carbocycles. The molecular weight excluding hydrogens is 267 g/mol. The van der Waals surface area contributed by atoms with E-state index in [0.717, 1.165) is 5.56 Å². The van der Waals surface area contributed by atoms with Gasteiger partial charge < -0.3 is 11.1 Å². The maximum Gasteiger partial charge on any atom is 0.224 e. The number of rotatable bonds is 4. The number of nitrogen functional groups attached to an aromatic ring is 1. The SMILES string of the molecule is Cc1cc(F)ccc1NC(=O)CC(C)c1ccc(N)cc1. The monoisotopic (exact) mass is 286 g/mol. The molecule has 1 unspecified atom stereocenters. The molecule has 0 radical (unpaired) electrons. The molecule has 2 rings (SSSR count). The summed E-state index contributed by atoms with van der Waals surface area (Å²) in [5.74, 6) is -0.305. The summed E-state index contributed by atoms with van der Waals surface area (Å²) in [5, 5.41) is 2.82. The zero-order valence-corrected chi connectivity index (χ0v) is 12.2. The van der Waals surface area contributed by atoms with Gasteiger partial charge in [0.1, 0.15) is 5.82 Å². The van der Waals surface area contributed by atoms with E-state index in [0.29, 0.717) is 23.4 Å². The molecule has 0 aliphatic rings. The summed E-state index contributed by atoms with van der Waals surface area (Å²) in [6, 6.07) is 11.8. The van der Waals surface area contributed by atoms with E-state index in [1.165, 1.54) is 12.1 Å². The molecule has 21 heavy (non-hydrogen) atoms. The topological polar surface area (TPSA) is 55.1 Å². The zero-order chi connectivity index (χ0) is 15.4. The van der Waals surface area contributed by atoms with Crippen LogP contribution >= 0.6 is 0 Å². The molecule has 0 fully saturated rings. The lowest BCUT2D eigenvalue weighted by Gasteiger charge is -2.13. The van der Waals surface area contributed by atoms with Crippen molar-refractivity contribution in [2.24, 2.45) is 0 Å². The zero-order valence-electron chi connectivity index (χ0n) is 12.2. The summed E-state index contributed by atoms with van der Waals surface area (Å²) in [4.78, 5) is 12.1. The molecule has 3 nitrogen and oxygen atoms in total. The number of nitrogens with two attached hydrogens (primary N) is 1. The molecule has 0 aliphatic carbocycles. The molecule has 0 bridgehead atoms. The molecule has 0 spiro atoms. The largest absolute Gasteiger partial charge is 0.399 e. The first-order valence-corrected chi connectivity index (χ1v) is 6.87. The van der Waals surface area contributed by atoms with Gasteiger partial charge in [-0.2, -0.15) is 0 Å². The molecule has 110 valence electrons. The molecule has 1 atom stereocenters. The van der Waals surface area contributed by atoms with Crippen molar-refractivity contribution in [3.8, 4) is 0 Å².